The Labute approximate surface area is 193 Å². The van der Waals surface area contributed by atoms with E-state index in [2.05, 4.69) is 0 Å². The van der Waals surface area contributed by atoms with Crippen molar-refractivity contribution in [2.24, 2.45) is 5.92 Å². The monoisotopic (exact) mass is 461 g/mol. The summed E-state index contributed by atoms with van der Waals surface area (Å²) in [5, 5.41) is 22.6. The SMILES string of the molecule is COc1cc([C@@H]2[C@@H]3C(=O)N(c4ccc([N+](=O)[O-])cc4)C(=O)[C@H]3ON2c2ccccc2)ccc1O. The van der Waals surface area contributed by atoms with E-state index in [-0.39, 0.29) is 22.9 Å². The molecular weight excluding hydrogens is 442 g/mol. The number of aromatic hydroxyl groups is 1. The van der Waals surface area contributed by atoms with Crippen LogP contribution in [0, 0.1) is 16.0 Å². The standard InChI is InChI=1S/C24H19N3O7/c1-33-19-13-14(7-12-18(19)28)21-20-22(34-26(21)16-5-3-2-4-6-16)24(30)25(23(20)29)15-8-10-17(11-9-15)27(31)32/h2-13,20-22,28H,1H3/t20-,21+,22-/m0/s1. The van der Waals surface area contributed by atoms with Gasteiger partial charge in [-0.3, -0.25) is 24.5 Å². The second-order valence-electron chi connectivity index (χ2n) is 7.87. The van der Waals surface area contributed by atoms with Gasteiger partial charge in [-0.15, -0.1) is 0 Å². The van der Waals surface area contributed by atoms with E-state index in [0.717, 1.165) is 4.90 Å². The molecule has 0 aromatic heterocycles. The number of methoxy groups -OCH3 is 1. The van der Waals surface area contributed by atoms with Crippen molar-refractivity contribution in [3.05, 3.63) is 88.5 Å². The van der Waals surface area contributed by atoms with Crippen LogP contribution in [0.1, 0.15) is 11.6 Å². The van der Waals surface area contributed by atoms with Crippen LogP contribution in [-0.4, -0.2) is 35.1 Å². The molecule has 3 aromatic carbocycles. The third kappa shape index (κ3) is 3.32. The molecule has 3 aromatic rings. The number of non-ortho nitro benzene ring substituents is 1. The fourth-order valence-electron chi connectivity index (χ4n) is 4.41. The first-order valence-electron chi connectivity index (χ1n) is 10.4. The second kappa shape index (κ2) is 8.16. The number of hydrogen-bond donors (Lipinski definition) is 1. The van der Waals surface area contributed by atoms with Gasteiger partial charge >= 0.3 is 0 Å². The van der Waals surface area contributed by atoms with E-state index in [0.29, 0.717) is 11.3 Å². The number of nitrogens with zero attached hydrogens (tertiary/aromatic N) is 3. The van der Waals surface area contributed by atoms with Gasteiger partial charge in [-0.05, 0) is 42.0 Å². The van der Waals surface area contributed by atoms with E-state index in [4.69, 9.17) is 9.57 Å². The van der Waals surface area contributed by atoms with Gasteiger partial charge in [0.25, 0.3) is 11.6 Å². The Balaban J connectivity index is 1.57. The van der Waals surface area contributed by atoms with Crippen molar-refractivity contribution in [2.45, 2.75) is 12.1 Å². The number of fused-ring (bicyclic) bond motifs is 1. The number of nitro benzene ring substituents is 1. The molecule has 2 amide bonds. The molecule has 10 nitrogen and oxygen atoms in total. The van der Waals surface area contributed by atoms with Gasteiger partial charge in [-0.25, -0.2) is 9.96 Å². The topological polar surface area (TPSA) is 122 Å². The lowest BCUT2D eigenvalue weighted by Gasteiger charge is -2.29. The average molecular weight is 461 g/mol. The number of anilines is 2. The molecule has 5 rings (SSSR count). The van der Waals surface area contributed by atoms with Gasteiger partial charge in [-0.2, -0.15) is 0 Å². The summed E-state index contributed by atoms with van der Waals surface area (Å²) in [4.78, 5) is 44.4. The maximum absolute atomic E-state index is 13.6. The number of hydrogen-bond acceptors (Lipinski definition) is 8. The van der Waals surface area contributed by atoms with Gasteiger partial charge < -0.3 is 9.84 Å². The molecule has 2 aliphatic rings. The van der Waals surface area contributed by atoms with Gasteiger partial charge in [-0.1, -0.05) is 24.3 Å². The normalized spacial score (nSPS) is 21.6. The molecule has 2 aliphatic heterocycles. The largest absolute Gasteiger partial charge is 0.504 e. The molecule has 34 heavy (non-hydrogen) atoms. The molecule has 2 fully saturated rings. The molecule has 172 valence electrons. The highest BCUT2D eigenvalue weighted by Gasteiger charge is 2.60. The maximum Gasteiger partial charge on any atom is 0.269 e. The van der Waals surface area contributed by atoms with E-state index in [1.54, 1.807) is 24.3 Å². The summed E-state index contributed by atoms with van der Waals surface area (Å²) >= 11 is 0. The summed E-state index contributed by atoms with van der Waals surface area (Å²) in [7, 11) is 1.42. The van der Waals surface area contributed by atoms with E-state index in [1.807, 2.05) is 18.2 Å². The molecule has 0 aliphatic carbocycles. The number of rotatable bonds is 5. The Bertz CT molecular complexity index is 1280. The zero-order valence-electron chi connectivity index (χ0n) is 17.9. The lowest BCUT2D eigenvalue weighted by Crippen LogP contribution is -2.37. The number of benzene rings is 3. The van der Waals surface area contributed by atoms with Crippen molar-refractivity contribution in [3.63, 3.8) is 0 Å². The lowest BCUT2D eigenvalue weighted by molar-refractivity contribution is -0.384. The van der Waals surface area contributed by atoms with Gasteiger partial charge in [0, 0.05) is 12.1 Å². The summed E-state index contributed by atoms with van der Waals surface area (Å²) in [5.41, 5.74) is 1.34. The minimum atomic E-state index is -1.09. The number of carbonyl (C=O) groups excluding carboxylic acids is 2. The predicted octanol–water partition coefficient (Wildman–Crippen LogP) is 3.36. The first kappa shape index (κ1) is 21.4. The van der Waals surface area contributed by atoms with Crippen LogP contribution in [0.25, 0.3) is 0 Å². The Morgan fingerprint density at radius 1 is 0.971 bits per heavy atom. The van der Waals surface area contributed by atoms with Crippen molar-refractivity contribution >= 4 is 28.9 Å². The molecule has 0 spiro atoms. The number of hydroxylamine groups is 1. The Morgan fingerprint density at radius 3 is 2.32 bits per heavy atom. The summed E-state index contributed by atoms with van der Waals surface area (Å²) < 4.78 is 5.24. The highest BCUT2D eigenvalue weighted by atomic mass is 16.7. The number of phenols is 1. The van der Waals surface area contributed by atoms with Gasteiger partial charge in [0.15, 0.2) is 17.6 Å². The third-order valence-electron chi connectivity index (χ3n) is 5.99. The van der Waals surface area contributed by atoms with Crippen LogP contribution in [-0.2, 0) is 14.4 Å². The second-order valence-corrected chi connectivity index (χ2v) is 7.87. The maximum atomic E-state index is 13.6. The lowest BCUT2D eigenvalue weighted by atomic mass is 9.90. The molecule has 2 heterocycles. The van der Waals surface area contributed by atoms with Crippen LogP contribution in [0.4, 0.5) is 17.1 Å². The number of nitro groups is 1. The number of imide groups is 1. The van der Waals surface area contributed by atoms with Crippen LogP contribution < -0.4 is 14.7 Å². The summed E-state index contributed by atoms with van der Waals surface area (Å²) in [5.74, 6) is -1.78. The molecule has 1 N–H and O–H groups in total. The average Bonchev–Trinajstić information content (AvgIpc) is 3.36. The summed E-state index contributed by atoms with van der Waals surface area (Å²) in [6.07, 6.45) is -1.09. The quantitative estimate of drug-likeness (QED) is 0.349. The van der Waals surface area contributed by atoms with Crippen molar-refractivity contribution in [1.29, 1.82) is 0 Å². The fourth-order valence-corrected chi connectivity index (χ4v) is 4.41. The van der Waals surface area contributed by atoms with Crippen molar-refractivity contribution < 1.29 is 29.2 Å². The smallest absolute Gasteiger partial charge is 0.269 e. The Hall–Kier alpha value is -4.44. The molecule has 0 radical (unpaired) electrons. The Kier molecular flexibility index (Phi) is 5.14. The zero-order chi connectivity index (χ0) is 24.0. The molecule has 0 bridgehead atoms. The molecule has 2 saturated heterocycles. The highest BCUT2D eigenvalue weighted by molar-refractivity contribution is 6.24. The zero-order valence-corrected chi connectivity index (χ0v) is 17.9. The summed E-state index contributed by atoms with van der Waals surface area (Å²) in [6, 6.07) is 18.3. The van der Waals surface area contributed by atoms with Gasteiger partial charge in [0.05, 0.1) is 29.4 Å². The van der Waals surface area contributed by atoms with Crippen molar-refractivity contribution in [1.82, 2.24) is 0 Å². The molecule has 10 heteroatoms. The summed E-state index contributed by atoms with van der Waals surface area (Å²) in [6.45, 7) is 0. The van der Waals surface area contributed by atoms with E-state index in [1.165, 1.54) is 42.5 Å². The first-order chi connectivity index (χ1) is 16.4. The molecule has 3 atom stereocenters. The molecule has 0 saturated carbocycles. The van der Waals surface area contributed by atoms with Gasteiger partial charge in [0.2, 0.25) is 5.91 Å². The van der Waals surface area contributed by atoms with E-state index >= 15 is 0 Å². The van der Waals surface area contributed by atoms with Crippen LogP contribution in [0.5, 0.6) is 11.5 Å². The minimum absolute atomic E-state index is 0.0608. The van der Waals surface area contributed by atoms with Gasteiger partial charge in [0.1, 0.15) is 5.92 Å². The van der Waals surface area contributed by atoms with E-state index in [9.17, 15) is 24.8 Å². The van der Waals surface area contributed by atoms with Crippen LogP contribution >= 0.6 is 0 Å². The predicted molar refractivity (Wildman–Crippen MR) is 120 cm³/mol. The van der Waals surface area contributed by atoms with Crippen molar-refractivity contribution in [3.8, 4) is 11.5 Å². The van der Waals surface area contributed by atoms with Crippen LogP contribution in [0.3, 0.4) is 0 Å². The van der Waals surface area contributed by atoms with Crippen LogP contribution in [0.2, 0.25) is 0 Å². The number of carbonyl (C=O) groups is 2. The van der Waals surface area contributed by atoms with Crippen LogP contribution in [0.15, 0.2) is 72.8 Å². The highest BCUT2D eigenvalue weighted by Crippen LogP contribution is 2.48. The van der Waals surface area contributed by atoms with E-state index < -0.39 is 34.8 Å². The Morgan fingerprint density at radius 2 is 1.68 bits per heavy atom. The number of para-hydroxylation sites is 1. The molecule has 0 unspecified atom stereocenters. The minimum Gasteiger partial charge on any atom is -0.504 e. The number of phenolic OH excluding ortho intramolecular Hbond substituents is 1. The first-order valence-corrected chi connectivity index (χ1v) is 10.4. The van der Waals surface area contributed by atoms with Crippen molar-refractivity contribution in [2.75, 3.05) is 17.1 Å². The fraction of sp³-hybridized carbons (Fsp3) is 0.167. The molecular formula is C24H19N3O7. The third-order valence-corrected chi connectivity index (χ3v) is 5.99. The number of ether oxygens (including phenoxy) is 1. The number of amides is 2.